The normalized spacial score (nSPS) is 9.81. The van der Waals surface area contributed by atoms with E-state index in [1.807, 2.05) is 6.07 Å². The molecule has 21 heavy (non-hydrogen) atoms. The lowest BCUT2D eigenvalue weighted by atomic mass is 10.2. The first-order chi connectivity index (χ1) is 10.0. The lowest BCUT2D eigenvalue weighted by Crippen LogP contribution is -2.18. The molecule has 6 nitrogen and oxygen atoms in total. The second-order valence-corrected chi connectivity index (χ2v) is 5.28. The molecular weight excluding hydrogens is 358 g/mol. The first kappa shape index (κ1) is 15.3. The van der Waals surface area contributed by atoms with Gasteiger partial charge in [0.25, 0.3) is 5.91 Å². The SMILES string of the molecule is N#Cc1ccc(NC(=O)c2cc(Br)cnc2NN)c(Cl)c1. The molecule has 2 rings (SSSR count). The van der Waals surface area contributed by atoms with Crippen molar-refractivity contribution in [2.75, 3.05) is 10.7 Å². The molecule has 0 aliphatic carbocycles. The van der Waals surface area contributed by atoms with E-state index >= 15 is 0 Å². The predicted octanol–water partition coefficient (Wildman–Crippen LogP) is 2.91. The van der Waals surface area contributed by atoms with Crippen LogP contribution in [0.1, 0.15) is 15.9 Å². The minimum Gasteiger partial charge on any atom is -0.321 e. The number of halogens is 2. The van der Waals surface area contributed by atoms with E-state index in [-0.39, 0.29) is 16.4 Å². The van der Waals surface area contributed by atoms with E-state index < -0.39 is 5.91 Å². The van der Waals surface area contributed by atoms with Gasteiger partial charge in [-0.15, -0.1) is 0 Å². The summed E-state index contributed by atoms with van der Waals surface area (Å²) in [7, 11) is 0. The molecule has 0 bridgehead atoms. The van der Waals surface area contributed by atoms with Crippen molar-refractivity contribution in [2.45, 2.75) is 0 Å². The fourth-order valence-electron chi connectivity index (χ4n) is 1.60. The maximum atomic E-state index is 12.3. The average Bonchev–Trinajstić information content (AvgIpc) is 2.49. The van der Waals surface area contributed by atoms with E-state index in [0.29, 0.717) is 15.7 Å². The zero-order valence-electron chi connectivity index (χ0n) is 10.5. The number of nitrogen functional groups attached to an aromatic ring is 1. The number of nitrogens with one attached hydrogen (secondary N) is 2. The van der Waals surface area contributed by atoms with Gasteiger partial charge in [-0.1, -0.05) is 11.6 Å². The molecule has 0 spiro atoms. The Kier molecular flexibility index (Phi) is 4.75. The maximum absolute atomic E-state index is 12.3. The molecule has 2 aromatic rings. The maximum Gasteiger partial charge on any atom is 0.259 e. The Morgan fingerprint density at radius 3 is 2.81 bits per heavy atom. The molecule has 0 radical (unpaired) electrons. The van der Waals surface area contributed by atoms with E-state index in [1.54, 1.807) is 18.2 Å². The number of carbonyl (C=O) groups excluding carboxylic acids is 1. The van der Waals surface area contributed by atoms with Crippen LogP contribution < -0.4 is 16.6 Å². The molecule has 0 aliphatic rings. The summed E-state index contributed by atoms with van der Waals surface area (Å²) < 4.78 is 0.637. The molecule has 106 valence electrons. The Hall–Kier alpha value is -2.14. The monoisotopic (exact) mass is 365 g/mol. The summed E-state index contributed by atoms with van der Waals surface area (Å²) in [5, 5.41) is 11.7. The number of aromatic nitrogens is 1. The first-order valence-electron chi connectivity index (χ1n) is 5.68. The highest BCUT2D eigenvalue weighted by molar-refractivity contribution is 9.10. The van der Waals surface area contributed by atoms with Crippen LogP contribution in [0, 0.1) is 11.3 Å². The van der Waals surface area contributed by atoms with Crippen LogP contribution in [0.15, 0.2) is 34.9 Å². The number of nitrogens with zero attached hydrogens (tertiary/aromatic N) is 2. The average molecular weight is 367 g/mol. The van der Waals surface area contributed by atoms with Crippen LogP contribution in [0.25, 0.3) is 0 Å². The number of pyridine rings is 1. The van der Waals surface area contributed by atoms with Crippen LogP contribution in [0.5, 0.6) is 0 Å². The fourth-order valence-corrected chi connectivity index (χ4v) is 2.16. The summed E-state index contributed by atoms with van der Waals surface area (Å²) in [6.45, 7) is 0. The van der Waals surface area contributed by atoms with Crippen molar-refractivity contribution in [1.82, 2.24) is 4.98 Å². The summed E-state index contributed by atoms with van der Waals surface area (Å²) in [5.41, 5.74) is 3.41. The topological polar surface area (TPSA) is 104 Å². The molecule has 1 aromatic heterocycles. The molecule has 0 atom stereocenters. The number of carbonyl (C=O) groups is 1. The van der Waals surface area contributed by atoms with Crippen LogP contribution in [0.4, 0.5) is 11.5 Å². The number of nitriles is 1. The van der Waals surface area contributed by atoms with E-state index in [2.05, 4.69) is 31.7 Å². The summed E-state index contributed by atoms with van der Waals surface area (Å²) in [5.74, 6) is 5.14. The molecule has 0 fully saturated rings. The molecule has 4 N–H and O–H groups in total. The molecule has 1 aromatic carbocycles. The van der Waals surface area contributed by atoms with Crippen LogP contribution in [-0.4, -0.2) is 10.9 Å². The minimum atomic E-state index is -0.427. The summed E-state index contributed by atoms with van der Waals surface area (Å²) >= 11 is 9.25. The Morgan fingerprint density at radius 2 is 2.19 bits per heavy atom. The third-order valence-corrected chi connectivity index (χ3v) is 3.33. The molecule has 1 heterocycles. The van der Waals surface area contributed by atoms with Gasteiger partial charge in [0, 0.05) is 10.7 Å². The smallest absolute Gasteiger partial charge is 0.259 e. The molecule has 0 aliphatic heterocycles. The van der Waals surface area contributed by atoms with Crippen molar-refractivity contribution in [3.63, 3.8) is 0 Å². The Morgan fingerprint density at radius 1 is 1.43 bits per heavy atom. The van der Waals surface area contributed by atoms with Crippen LogP contribution in [-0.2, 0) is 0 Å². The van der Waals surface area contributed by atoms with Crippen molar-refractivity contribution in [3.8, 4) is 6.07 Å². The number of nitrogens with two attached hydrogens (primary N) is 1. The number of benzene rings is 1. The van der Waals surface area contributed by atoms with Crippen LogP contribution in [0.3, 0.4) is 0 Å². The van der Waals surface area contributed by atoms with E-state index in [1.165, 1.54) is 12.3 Å². The van der Waals surface area contributed by atoms with Gasteiger partial charge in [0.15, 0.2) is 5.82 Å². The van der Waals surface area contributed by atoms with Crippen LogP contribution >= 0.6 is 27.5 Å². The highest BCUT2D eigenvalue weighted by atomic mass is 79.9. The van der Waals surface area contributed by atoms with E-state index in [4.69, 9.17) is 22.7 Å². The molecule has 8 heteroatoms. The number of hydrogen-bond acceptors (Lipinski definition) is 5. The number of hydrogen-bond donors (Lipinski definition) is 3. The number of anilines is 2. The van der Waals surface area contributed by atoms with Gasteiger partial charge in [-0.05, 0) is 40.2 Å². The molecular formula is C13H9BrClN5O. The van der Waals surface area contributed by atoms with Crippen molar-refractivity contribution >= 4 is 44.9 Å². The fraction of sp³-hybridized carbons (Fsp3) is 0. The van der Waals surface area contributed by atoms with Crippen molar-refractivity contribution in [1.29, 1.82) is 5.26 Å². The zero-order chi connectivity index (χ0) is 15.4. The number of rotatable bonds is 3. The van der Waals surface area contributed by atoms with Gasteiger partial charge in [-0.3, -0.25) is 4.79 Å². The zero-order valence-corrected chi connectivity index (χ0v) is 12.9. The Bertz CT molecular complexity index is 744. The van der Waals surface area contributed by atoms with Crippen molar-refractivity contribution < 1.29 is 4.79 Å². The van der Waals surface area contributed by atoms with Gasteiger partial charge in [0.2, 0.25) is 0 Å². The van der Waals surface area contributed by atoms with E-state index in [9.17, 15) is 4.79 Å². The largest absolute Gasteiger partial charge is 0.321 e. The van der Waals surface area contributed by atoms with Crippen LogP contribution in [0.2, 0.25) is 5.02 Å². The van der Waals surface area contributed by atoms with Gasteiger partial charge >= 0.3 is 0 Å². The summed E-state index contributed by atoms with van der Waals surface area (Å²) in [6, 6.07) is 8.13. The van der Waals surface area contributed by atoms with Gasteiger partial charge in [-0.25, -0.2) is 10.8 Å². The van der Waals surface area contributed by atoms with Crippen molar-refractivity contribution in [3.05, 3.63) is 51.1 Å². The van der Waals surface area contributed by atoms with Gasteiger partial charge in [0.05, 0.1) is 27.9 Å². The van der Waals surface area contributed by atoms with E-state index in [0.717, 1.165) is 0 Å². The molecule has 1 amide bonds. The number of amides is 1. The number of hydrazine groups is 1. The molecule has 0 saturated heterocycles. The Labute approximate surface area is 134 Å². The third-order valence-electron chi connectivity index (χ3n) is 2.58. The highest BCUT2D eigenvalue weighted by Gasteiger charge is 2.14. The van der Waals surface area contributed by atoms with Gasteiger partial charge < -0.3 is 10.7 Å². The lowest BCUT2D eigenvalue weighted by Gasteiger charge is -2.10. The third kappa shape index (κ3) is 3.49. The van der Waals surface area contributed by atoms with Crippen molar-refractivity contribution in [2.24, 2.45) is 5.84 Å². The minimum absolute atomic E-state index is 0.237. The van der Waals surface area contributed by atoms with Gasteiger partial charge in [0.1, 0.15) is 0 Å². The highest BCUT2D eigenvalue weighted by Crippen LogP contribution is 2.25. The van der Waals surface area contributed by atoms with Gasteiger partial charge in [-0.2, -0.15) is 5.26 Å². The lowest BCUT2D eigenvalue weighted by molar-refractivity contribution is 0.102. The second-order valence-electron chi connectivity index (χ2n) is 3.95. The predicted molar refractivity (Wildman–Crippen MR) is 83.9 cm³/mol. The quantitative estimate of drug-likeness (QED) is 0.572. The molecule has 0 unspecified atom stereocenters. The second kappa shape index (κ2) is 6.54. The first-order valence-corrected chi connectivity index (χ1v) is 6.85. The summed E-state index contributed by atoms with van der Waals surface area (Å²) in [6.07, 6.45) is 1.51. The Balaban J connectivity index is 2.30. The standard InChI is InChI=1S/C13H9BrClN5O/c14-8-4-9(12(20-17)18-6-8)13(21)19-11-2-1-7(5-16)3-10(11)15/h1-4,6H,17H2,(H,18,20)(H,19,21). The molecule has 0 saturated carbocycles. The summed E-state index contributed by atoms with van der Waals surface area (Å²) in [4.78, 5) is 16.3.